The highest BCUT2D eigenvalue weighted by atomic mass is 35.5. The number of ether oxygens (including phenoxy) is 2. The quantitative estimate of drug-likeness (QED) is 0.118. The molecule has 0 saturated heterocycles. The van der Waals surface area contributed by atoms with Gasteiger partial charge in [0.1, 0.15) is 35.6 Å². The van der Waals surface area contributed by atoms with Crippen LogP contribution in [-0.4, -0.2) is 57.4 Å². The van der Waals surface area contributed by atoms with Gasteiger partial charge in [0.2, 0.25) is 5.91 Å². The Balaban J connectivity index is 1.01. The molecule has 0 aliphatic carbocycles. The fraction of sp³-hybridized carbons (Fsp3) is 0.288. The maximum absolute atomic E-state index is 14.5. The minimum Gasteiger partial charge on any atom is -0.486 e. The van der Waals surface area contributed by atoms with E-state index in [-0.39, 0.29) is 31.0 Å². The first kappa shape index (κ1) is 44.8. The molecule has 12 heteroatoms. The Labute approximate surface area is 383 Å². The van der Waals surface area contributed by atoms with Gasteiger partial charge in [-0.05, 0) is 132 Å². The van der Waals surface area contributed by atoms with Crippen LogP contribution < -0.4 is 14.8 Å². The van der Waals surface area contributed by atoms with Crippen LogP contribution in [0, 0.1) is 19.7 Å². The van der Waals surface area contributed by atoms with E-state index in [9.17, 15) is 19.1 Å². The predicted octanol–water partition coefficient (Wildman–Crippen LogP) is 10.6. The summed E-state index contributed by atoms with van der Waals surface area (Å²) in [6.07, 6.45) is 2.51. The number of aryl methyl sites for hydroxylation is 1. The van der Waals surface area contributed by atoms with Crippen molar-refractivity contribution in [3.05, 3.63) is 181 Å². The molecule has 1 aromatic heterocycles. The second-order valence-electron chi connectivity index (χ2n) is 16.9. The molecule has 0 radical (unpaired) electrons. The zero-order valence-electron chi connectivity index (χ0n) is 36.3. The SMILES string of the molecule is CC[C@@H](Oc1ccc([C@H]2CN(C)Cc3cc4c(cc3O2)CN(Cc2cccc(F)c2)[C@H](C(=O)N[C@@H](Cc2ccc(-c3ccnc(C)c3C)cc2)C(=O)O)C4)cc1)c1ccc(Cl)c(Cl)c1. The van der Waals surface area contributed by atoms with Gasteiger partial charge in [0, 0.05) is 50.1 Å². The maximum atomic E-state index is 14.5. The Bertz CT molecular complexity index is 2660. The molecular weight excluding hydrogens is 850 g/mol. The minimum atomic E-state index is -1.16. The fourth-order valence-electron chi connectivity index (χ4n) is 8.75. The predicted molar refractivity (Wildman–Crippen MR) is 248 cm³/mol. The van der Waals surface area contributed by atoms with E-state index in [4.69, 9.17) is 32.7 Å². The number of hydrogen-bond donors (Lipinski definition) is 2. The summed E-state index contributed by atoms with van der Waals surface area (Å²) in [5.41, 5.74) is 10.5. The Hall–Kier alpha value is -5.78. The first-order valence-corrected chi connectivity index (χ1v) is 22.3. The second kappa shape index (κ2) is 19.5. The molecule has 2 N–H and O–H groups in total. The van der Waals surface area contributed by atoms with Gasteiger partial charge >= 0.3 is 5.97 Å². The fourth-order valence-corrected chi connectivity index (χ4v) is 9.06. The zero-order chi connectivity index (χ0) is 45.1. The van der Waals surface area contributed by atoms with Crippen molar-refractivity contribution in [2.24, 2.45) is 0 Å². The zero-order valence-corrected chi connectivity index (χ0v) is 37.8. The summed E-state index contributed by atoms with van der Waals surface area (Å²) in [5, 5.41) is 14.2. The number of carbonyl (C=O) groups excluding carboxylic acids is 1. The van der Waals surface area contributed by atoms with Crippen LogP contribution in [0.3, 0.4) is 0 Å². The molecule has 8 rings (SSSR count). The molecule has 0 bridgehead atoms. The van der Waals surface area contributed by atoms with Crippen molar-refractivity contribution in [3.63, 3.8) is 0 Å². The molecule has 0 unspecified atom stereocenters. The van der Waals surface area contributed by atoms with Gasteiger partial charge in [-0.15, -0.1) is 0 Å². The lowest BCUT2D eigenvalue weighted by molar-refractivity contribution is -0.142. The van der Waals surface area contributed by atoms with Crippen molar-refractivity contribution in [1.82, 2.24) is 20.1 Å². The Morgan fingerprint density at radius 3 is 2.41 bits per heavy atom. The number of fused-ring (bicyclic) bond motifs is 2. The van der Waals surface area contributed by atoms with Crippen molar-refractivity contribution in [3.8, 4) is 22.6 Å². The maximum Gasteiger partial charge on any atom is 0.326 e. The molecule has 0 fully saturated rings. The van der Waals surface area contributed by atoms with Crippen molar-refractivity contribution in [2.45, 2.75) is 84.0 Å². The van der Waals surface area contributed by atoms with Gasteiger partial charge in [0.15, 0.2) is 0 Å². The number of amides is 1. The summed E-state index contributed by atoms with van der Waals surface area (Å²) in [7, 11) is 2.06. The summed E-state index contributed by atoms with van der Waals surface area (Å²) >= 11 is 12.5. The smallest absolute Gasteiger partial charge is 0.326 e. The van der Waals surface area contributed by atoms with Crippen molar-refractivity contribution >= 4 is 35.1 Å². The van der Waals surface area contributed by atoms with E-state index < -0.39 is 24.0 Å². The number of carboxylic acid groups (broad SMARTS) is 1. The molecule has 3 heterocycles. The number of rotatable bonds is 13. The van der Waals surface area contributed by atoms with Gasteiger partial charge in [-0.3, -0.25) is 19.6 Å². The number of nitrogens with zero attached hydrogens (tertiary/aromatic N) is 3. The molecule has 0 saturated carbocycles. The monoisotopic (exact) mass is 900 g/mol. The number of benzene rings is 5. The average Bonchev–Trinajstić information content (AvgIpc) is 3.44. The molecule has 6 aromatic rings. The summed E-state index contributed by atoms with van der Waals surface area (Å²) in [5.74, 6) is -0.398. The van der Waals surface area contributed by atoms with Crippen LogP contribution in [0.1, 0.15) is 75.8 Å². The summed E-state index contributed by atoms with van der Waals surface area (Å²) < 4.78 is 27.7. The van der Waals surface area contributed by atoms with Crippen LogP contribution >= 0.6 is 23.2 Å². The minimum absolute atomic E-state index is 0.106. The third-order valence-electron chi connectivity index (χ3n) is 12.4. The van der Waals surface area contributed by atoms with Crippen LogP contribution in [0.2, 0.25) is 10.0 Å². The van der Waals surface area contributed by atoms with Crippen LogP contribution in [0.4, 0.5) is 4.39 Å². The lowest BCUT2D eigenvalue weighted by atomic mass is 9.90. The highest BCUT2D eigenvalue weighted by Crippen LogP contribution is 2.38. The molecule has 2 aliphatic rings. The summed E-state index contributed by atoms with van der Waals surface area (Å²) in [4.78, 5) is 35.6. The standard InChI is InChI=1S/C52H51Cl2FN4O5/c1-5-48(37-15-18-44(53)45(54)24-37)63-42-16-13-36(14-17-42)50-30-58(4)28-40-23-38-25-47(59(29-39(38)26-49(40)64-50)27-34-7-6-8-41(55)21-34)51(60)57-46(52(61)62)22-33-9-11-35(12-10-33)43-19-20-56-32(3)31(43)2/h6-21,23-24,26,46-48,50H,5,22,25,27-30H2,1-4H3,(H,57,60)(H,61,62)/t46-,47-,48+,50+/m0/s1. The van der Waals surface area contributed by atoms with E-state index >= 15 is 0 Å². The topological polar surface area (TPSA) is 104 Å². The first-order chi connectivity index (χ1) is 30.8. The second-order valence-corrected chi connectivity index (χ2v) is 17.7. The van der Waals surface area contributed by atoms with E-state index in [0.29, 0.717) is 41.7 Å². The lowest BCUT2D eigenvalue weighted by Gasteiger charge is -2.37. The number of carbonyl (C=O) groups is 2. The Kier molecular flexibility index (Phi) is 13.7. The largest absolute Gasteiger partial charge is 0.486 e. The van der Waals surface area contributed by atoms with Crippen LogP contribution in [0.5, 0.6) is 11.5 Å². The molecular formula is C52H51Cl2FN4O5. The molecule has 9 nitrogen and oxygen atoms in total. The number of pyridine rings is 1. The van der Waals surface area contributed by atoms with E-state index in [1.807, 2.05) is 91.5 Å². The third kappa shape index (κ3) is 10.3. The summed E-state index contributed by atoms with van der Waals surface area (Å²) in [6.45, 7) is 7.98. The van der Waals surface area contributed by atoms with E-state index in [2.05, 4.69) is 41.3 Å². The van der Waals surface area contributed by atoms with Crippen LogP contribution in [0.25, 0.3) is 11.1 Å². The molecule has 4 atom stereocenters. The van der Waals surface area contributed by atoms with Gasteiger partial charge in [-0.25, -0.2) is 9.18 Å². The van der Waals surface area contributed by atoms with Crippen LogP contribution in [-0.2, 0) is 42.1 Å². The van der Waals surface area contributed by atoms with Crippen LogP contribution in [0.15, 0.2) is 115 Å². The Morgan fingerprint density at radius 1 is 0.906 bits per heavy atom. The normalized spacial score (nSPS) is 17.3. The van der Waals surface area contributed by atoms with Crippen molar-refractivity contribution in [1.29, 1.82) is 0 Å². The average molecular weight is 902 g/mol. The number of aliphatic carboxylic acids is 1. The molecule has 64 heavy (non-hydrogen) atoms. The molecule has 2 aliphatic heterocycles. The highest BCUT2D eigenvalue weighted by molar-refractivity contribution is 6.42. The van der Waals surface area contributed by atoms with E-state index in [1.165, 1.54) is 12.1 Å². The van der Waals surface area contributed by atoms with Gasteiger partial charge < -0.3 is 19.9 Å². The highest BCUT2D eigenvalue weighted by Gasteiger charge is 2.35. The van der Waals surface area contributed by atoms with E-state index in [0.717, 1.165) is 73.7 Å². The number of hydrogen-bond acceptors (Lipinski definition) is 7. The van der Waals surface area contributed by atoms with Crippen molar-refractivity contribution in [2.75, 3.05) is 13.6 Å². The van der Waals surface area contributed by atoms with Gasteiger partial charge in [-0.1, -0.05) is 90.8 Å². The van der Waals surface area contributed by atoms with Crippen molar-refractivity contribution < 1.29 is 28.6 Å². The molecule has 330 valence electrons. The van der Waals surface area contributed by atoms with Gasteiger partial charge in [0.25, 0.3) is 0 Å². The third-order valence-corrected chi connectivity index (χ3v) is 13.1. The number of carboxylic acids is 1. The first-order valence-electron chi connectivity index (χ1n) is 21.6. The summed E-state index contributed by atoms with van der Waals surface area (Å²) in [6, 6.07) is 31.9. The van der Waals surface area contributed by atoms with E-state index in [1.54, 1.807) is 18.3 Å². The van der Waals surface area contributed by atoms with Gasteiger partial charge in [0.05, 0.1) is 16.1 Å². The van der Waals surface area contributed by atoms with Gasteiger partial charge in [-0.2, -0.15) is 0 Å². The molecule has 1 amide bonds. The lowest BCUT2D eigenvalue weighted by Crippen LogP contribution is -2.54. The number of likely N-dealkylation sites (N-methyl/N-ethyl adjacent to an activating group) is 1. The number of aromatic nitrogens is 1. The molecule has 5 aromatic carbocycles. The molecule has 0 spiro atoms. The number of nitrogens with one attached hydrogen (secondary N) is 1. The Morgan fingerprint density at radius 2 is 1.69 bits per heavy atom. The number of halogens is 3.